The lowest BCUT2D eigenvalue weighted by molar-refractivity contribution is -0.0844. The van der Waals surface area contributed by atoms with E-state index in [2.05, 4.69) is 18.7 Å². The van der Waals surface area contributed by atoms with Crippen LogP contribution in [0.4, 0.5) is 0 Å². The van der Waals surface area contributed by atoms with Gasteiger partial charge >= 0.3 is 0 Å². The van der Waals surface area contributed by atoms with Crippen molar-refractivity contribution in [1.82, 2.24) is 4.90 Å². The highest BCUT2D eigenvalue weighted by atomic mass is 35.5. The average molecular weight is 398 g/mol. The second kappa shape index (κ2) is 8.26. The highest BCUT2D eigenvalue weighted by Gasteiger charge is 2.42. The van der Waals surface area contributed by atoms with Crippen LogP contribution in [0.25, 0.3) is 0 Å². The Kier molecular flexibility index (Phi) is 6.38. The minimum atomic E-state index is -0.501. The van der Waals surface area contributed by atoms with Crippen LogP contribution in [0.3, 0.4) is 0 Å². The molecule has 2 atom stereocenters. The van der Waals surface area contributed by atoms with E-state index in [1.165, 1.54) is 0 Å². The molecule has 2 aliphatic heterocycles. The first kappa shape index (κ1) is 20.9. The van der Waals surface area contributed by atoms with Crippen LogP contribution in [0.15, 0.2) is 12.1 Å². The molecule has 1 aromatic carbocycles. The SMILES string of the molecule is COCCC[C@@]1(CO)CN(Cc2cc(Cl)cc3c2OCC3(C)C)CC[C@H]1O. The van der Waals surface area contributed by atoms with Crippen LogP contribution in [-0.4, -0.2) is 61.2 Å². The summed E-state index contributed by atoms with van der Waals surface area (Å²) in [5.41, 5.74) is 1.71. The summed E-state index contributed by atoms with van der Waals surface area (Å²) in [6.45, 7) is 7.76. The van der Waals surface area contributed by atoms with E-state index in [0.717, 1.165) is 41.3 Å². The van der Waals surface area contributed by atoms with Crippen LogP contribution in [0.5, 0.6) is 5.75 Å². The number of ether oxygens (including phenoxy) is 2. The molecular weight excluding hydrogens is 366 g/mol. The lowest BCUT2D eigenvalue weighted by Gasteiger charge is -2.45. The van der Waals surface area contributed by atoms with Gasteiger partial charge in [-0.05, 0) is 31.4 Å². The van der Waals surface area contributed by atoms with Gasteiger partial charge in [-0.15, -0.1) is 0 Å². The Labute approximate surface area is 167 Å². The molecule has 2 heterocycles. The quantitative estimate of drug-likeness (QED) is 0.692. The molecule has 0 radical (unpaired) electrons. The number of rotatable bonds is 7. The standard InChI is InChI=1S/C21H32ClNO4/c1-20(2)14-27-19-15(9-16(22)10-17(19)20)11-23-7-5-18(25)21(12-23,13-24)6-4-8-26-3/h9-10,18,24-25H,4-8,11-14H2,1-3H3/t18-,21+/m1/s1. The van der Waals surface area contributed by atoms with E-state index < -0.39 is 11.5 Å². The van der Waals surface area contributed by atoms with Crippen LogP contribution in [0, 0.1) is 5.41 Å². The normalized spacial score (nSPS) is 27.4. The van der Waals surface area contributed by atoms with Crippen LogP contribution < -0.4 is 4.74 Å². The third-order valence-corrected chi connectivity index (χ3v) is 6.35. The van der Waals surface area contributed by atoms with E-state index in [-0.39, 0.29) is 12.0 Å². The van der Waals surface area contributed by atoms with Gasteiger partial charge in [0.1, 0.15) is 5.75 Å². The van der Waals surface area contributed by atoms with Crippen molar-refractivity contribution in [2.24, 2.45) is 5.41 Å². The number of hydrogen-bond acceptors (Lipinski definition) is 5. The Morgan fingerprint density at radius 3 is 2.85 bits per heavy atom. The second-order valence-corrected chi connectivity index (χ2v) is 9.18. The van der Waals surface area contributed by atoms with Crippen molar-refractivity contribution in [3.63, 3.8) is 0 Å². The monoisotopic (exact) mass is 397 g/mol. The first-order valence-electron chi connectivity index (χ1n) is 9.77. The molecule has 2 aliphatic rings. The van der Waals surface area contributed by atoms with Gasteiger partial charge in [0.05, 0.1) is 19.3 Å². The molecule has 27 heavy (non-hydrogen) atoms. The zero-order chi connectivity index (χ0) is 19.7. The fourth-order valence-electron chi connectivity index (χ4n) is 4.44. The summed E-state index contributed by atoms with van der Waals surface area (Å²) >= 11 is 6.40. The highest BCUT2D eigenvalue weighted by Crippen LogP contribution is 2.43. The van der Waals surface area contributed by atoms with Gasteiger partial charge in [0.25, 0.3) is 0 Å². The molecule has 1 fully saturated rings. The summed E-state index contributed by atoms with van der Waals surface area (Å²) in [6, 6.07) is 3.99. The number of piperidine rings is 1. The average Bonchev–Trinajstić information content (AvgIpc) is 2.93. The molecule has 2 N–H and O–H groups in total. The first-order valence-corrected chi connectivity index (χ1v) is 10.1. The predicted octanol–water partition coefficient (Wildman–Crippen LogP) is 2.98. The molecule has 0 unspecified atom stereocenters. The molecular formula is C21H32ClNO4. The number of aliphatic hydroxyl groups excluding tert-OH is 2. The molecule has 0 bridgehead atoms. The van der Waals surface area contributed by atoms with Crippen LogP contribution in [0.1, 0.15) is 44.2 Å². The number of methoxy groups -OCH3 is 1. The Morgan fingerprint density at radius 2 is 2.15 bits per heavy atom. The molecule has 6 heteroatoms. The van der Waals surface area contributed by atoms with Crippen LogP contribution in [0.2, 0.25) is 5.02 Å². The summed E-state index contributed by atoms with van der Waals surface area (Å²) in [4.78, 5) is 2.30. The van der Waals surface area contributed by atoms with Gasteiger partial charge < -0.3 is 19.7 Å². The second-order valence-electron chi connectivity index (χ2n) is 8.75. The third kappa shape index (κ3) is 4.28. The fraction of sp³-hybridized carbons (Fsp3) is 0.714. The number of likely N-dealkylation sites (tertiary alicyclic amines) is 1. The molecule has 5 nitrogen and oxygen atoms in total. The third-order valence-electron chi connectivity index (χ3n) is 6.13. The largest absolute Gasteiger partial charge is 0.492 e. The van der Waals surface area contributed by atoms with Crippen LogP contribution >= 0.6 is 11.6 Å². The Hall–Kier alpha value is -0.850. The Morgan fingerprint density at radius 1 is 1.37 bits per heavy atom. The van der Waals surface area contributed by atoms with Gasteiger partial charge in [-0.3, -0.25) is 4.90 Å². The number of fused-ring (bicyclic) bond motifs is 1. The van der Waals surface area contributed by atoms with E-state index in [4.69, 9.17) is 21.1 Å². The summed E-state index contributed by atoms with van der Waals surface area (Å²) in [5.74, 6) is 0.949. The zero-order valence-corrected chi connectivity index (χ0v) is 17.4. The zero-order valence-electron chi connectivity index (χ0n) is 16.6. The Balaban J connectivity index is 1.78. The van der Waals surface area contributed by atoms with Gasteiger partial charge in [-0.25, -0.2) is 0 Å². The molecule has 0 spiro atoms. The van der Waals surface area contributed by atoms with E-state index in [0.29, 0.717) is 32.7 Å². The molecule has 1 aromatic rings. The number of aliphatic hydroxyl groups is 2. The highest BCUT2D eigenvalue weighted by molar-refractivity contribution is 6.30. The number of nitrogens with zero attached hydrogens (tertiary/aromatic N) is 1. The van der Waals surface area contributed by atoms with Crippen molar-refractivity contribution >= 4 is 11.6 Å². The molecule has 0 saturated carbocycles. The molecule has 0 amide bonds. The topological polar surface area (TPSA) is 62.2 Å². The van der Waals surface area contributed by atoms with E-state index >= 15 is 0 Å². The molecule has 1 saturated heterocycles. The first-order chi connectivity index (χ1) is 12.8. The van der Waals surface area contributed by atoms with Gasteiger partial charge in [0.15, 0.2) is 0 Å². The maximum absolute atomic E-state index is 10.6. The van der Waals surface area contributed by atoms with Crippen LogP contribution in [-0.2, 0) is 16.7 Å². The van der Waals surface area contributed by atoms with Crippen molar-refractivity contribution in [2.45, 2.75) is 51.2 Å². The maximum atomic E-state index is 10.6. The van der Waals surface area contributed by atoms with Gasteiger partial charge in [-0.1, -0.05) is 25.4 Å². The summed E-state index contributed by atoms with van der Waals surface area (Å²) < 4.78 is 11.2. The number of hydrogen-bond donors (Lipinski definition) is 2. The Bertz CT molecular complexity index is 666. The summed E-state index contributed by atoms with van der Waals surface area (Å²) in [6.07, 6.45) is 1.73. The summed E-state index contributed by atoms with van der Waals surface area (Å²) in [5, 5.41) is 21.4. The van der Waals surface area contributed by atoms with Gasteiger partial charge in [0, 0.05) is 60.3 Å². The molecule has 152 valence electrons. The lowest BCUT2D eigenvalue weighted by Crippen LogP contribution is -2.53. The molecule has 0 aromatic heterocycles. The smallest absolute Gasteiger partial charge is 0.127 e. The lowest BCUT2D eigenvalue weighted by atomic mass is 9.74. The molecule has 3 rings (SSSR count). The van der Waals surface area contributed by atoms with Gasteiger partial charge in [-0.2, -0.15) is 0 Å². The number of benzene rings is 1. The van der Waals surface area contributed by atoms with Crippen molar-refractivity contribution < 1.29 is 19.7 Å². The fourth-order valence-corrected chi connectivity index (χ4v) is 4.68. The van der Waals surface area contributed by atoms with Crippen molar-refractivity contribution in [2.75, 3.05) is 40.0 Å². The minimum Gasteiger partial charge on any atom is -0.492 e. The van der Waals surface area contributed by atoms with E-state index in [1.54, 1.807) is 7.11 Å². The maximum Gasteiger partial charge on any atom is 0.127 e. The summed E-state index contributed by atoms with van der Waals surface area (Å²) in [7, 11) is 1.68. The molecule has 0 aliphatic carbocycles. The minimum absolute atomic E-state index is 0.0223. The predicted molar refractivity (Wildman–Crippen MR) is 107 cm³/mol. The number of halogens is 1. The van der Waals surface area contributed by atoms with Crippen molar-refractivity contribution in [3.05, 3.63) is 28.3 Å². The van der Waals surface area contributed by atoms with Crippen molar-refractivity contribution in [1.29, 1.82) is 0 Å². The van der Waals surface area contributed by atoms with Crippen molar-refractivity contribution in [3.8, 4) is 5.75 Å². The van der Waals surface area contributed by atoms with Gasteiger partial charge in [0.2, 0.25) is 0 Å². The van der Waals surface area contributed by atoms with E-state index in [9.17, 15) is 10.2 Å². The van der Waals surface area contributed by atoms with E-state index in [1.807, 2.05) is 12.1 Å².